The van der Waals surface area contributed by atoms with Crippen molar-refractivity contribution in [2.75, 3.05) is 26.8 Å². The molecule has 0 aromatic heterocycles. The molecule has 1 rings (SSSR count). The normalized spacial score (nSPS) is 25.4. The molecule has 0 amide bonds. The van der Waals surface area contributed by atoms with Gasteiger partial charge in [0.05, 0.1) is 6.61 Å². The number of hydrogen-bond acceptors (Lipinski definition) is 2. The van der Waals surface area contributed by atoms with E-state index in [2.05, 4.69) is 10.3 Å². The third kappa shape index (κ3) is 3.09. The molecule has 0 spiro atoms. The van der Waals surface area contributed by atoms with E-state index >= 15 is 0 Å². The van der Waals surface area contributed by atoms with Crippen LogP contribution in [0.15, 0.2) is 4.99 Å². The maximum absolute atomic E-state index is 5.49. The van der Waals surface area contributed by atoms with Crippen molar-refractivity contribution in [2.45, 2.75) is 12.8 Å². The van der Waals surface area contributed by atoms with E-state index in [0.717, 1.165) is 26.2 Å². The van der Waals surface area contributed by atoms with Gasteiger partial charge in [0.25, 0.3) is 0 Å². The molecule has 12 heavy (non-hydrogen) atoms. The summed E-state index contributed by atoms with van der Waals surface area (Å²) in [6.07, 6.45) is 2.39. The molecular formula is C8H17N3O. The first-order valence-corrected chi connectivity index (χ1v) is 4.37. The van der Waals surface area contributed by atoms with Crippen LogP contribution in [0.4, 0.5) is 0 Å². The highest BCUT2D eigenvalue weighted by Gasteiger charge is 2.13. The van der Waals surface area contributed by atoms with Crippen molar-refractivity contribution in [3.05, 3.63) is 0 Å². The van der Waals surface area contributed by atoms with Gasteiger partial charge < -0.3 is 15.8 Å². The summed E-state index contributed by atoms with van der Waals surface area (Å²) in [5.41, 5.74) is 5.49. The van der Waals surface area contributed by atoms with E-state index in [0.29, 0.717) is 11.9 Å². The van der Waals surface area contributed by atoms with E-state index in [4.69, 9.17) is 10.5 Å². The van der Waals surface area contributed by atoms with Crippen molar-refractivity contribution < 1.29 is 4.74 Å². The minimum atomic E-state index is 0.514. The Morgan fingerprint density at radius 2 is 2.58 bits per heavy atom. The van der Waals surface area contributed by atoms with Gasteiger partial charge in [0.1, 0.15) is 0 Å². The molecular weight excluding hydrogens is 154 g/mol. The van der Waals surface area contributed by atoms with Crippen molar-refractivity contribution in [1.82, 2.24) is 5.32 Å². The van der Waals surface area contributed by atoms with Crippen molar-refractivity contribution >= 4 is 5.96 Å². The van der Waals surface area contributed by atoms with Crippen LogP contribution in [0.1, 0.15) is 12.8 Å². The number of ether oxygens (including phenoxy) is 1. The number of aliphatic imine (C=N–C) groups is 1. The SMILES string of the molecule is CN=C(N)NCC1CCCOC1. The van der Waals surface area contributed by atoms with Crippen LogP contribution in [0, 0.1) is 5.92 Å². The largest absolute Gasteiger partial charge is 0.381 e. The maximum atomic E-state index is 5.49. The summed E-state index contributed by atoms with van der Waals surface area (Å²) in [6.45, 7) is 2.64. The van der Waals surface area contributed by atoms with Crippen LogP contribution in [0.25, 0.3) is 0 Å². The quantitative estimate of drug-likeness (QED) is 0.452. The number of nitrogens with two attached hydrogens (primary N) is 1. The Morgan fingerprint density at radius 1 is 1.75 bits per heavy atom. The molecule has 0 aromatic carbocycles. The fourth-order valence-electron chi connectivity index (χ4n) is 1.30. The predicted molar refractivity (Wildman–Crippen MR) is 49.1 cm³/mol. The lowest BCUT2D eigenvalue weighted by Crippen LogP contribution is -2.37. The minimum Gasteiger partial charge on any atom is -0.381 e. The molecule has 1 fully saturated rings. The van der Waals surface area contributed by atoms with Crippen molar-refractivity contribution in [1.29, 1.82) is 0 Å². The van der Waals surface area contributed by atoms with Crippen molar-refractivity contribution in [3.8, 4) is 0 Å². The second-order valence-corrected chi connectivity index (χ2v) is 3.07. The summed E-state index contributed by atoms with van der Waals surface area (Å²) in [4.78, 5) is 3.82. The highest BCUT2D eigenvalue weighted by Crippen LogP contribution is 2.11. The van der Waals surface area contributed by atoms with Crippen LogP contribution >= 0.6 is 0 Å². The van der Waals surface area contributed by atoms with Gasteiger partial charge in [-0.05, 0) is 18.8 Å². The van der Waals surface area contributed by atoms with Gasteiger partial charge in [0, 0.05) is 20.2 Å². The Kier molecular flexibility index (Phi) is 3.87. The molecule has 0 saturated carbocycles. The highest BCUT2D eigenvalue weighted by molar-refractivity contribution is 5.77. The van der Waals surface area contributed by atoms with E-state index in [1.54, 1.807) is 7.05 Å². The van der Waals surface area contributed by atoms with Crippen LogP contribution in [0.2, 0.25) is 0 Å². The summed E-state index contributed by atoms with van der Waals surface area (Å²) in [7, 11) is 1.68. The van der Waals surface area contributed by atoms with Crippen LogP contribution in [-0.4, -0.2) is 32.8 Å². The molecule has 3 N–H and O–H groups in total. The fourth-order valence-corrected chi connectivity index (χ4v) is 1.30. The molecule has 1 unspecified atom stereocenters. The first-order valence-electron chi connectivity index (χ1n) is 4.37. The summed E-state index contributed by atoms with van der Waals surface area (Å²) in [5, 5.41) is 3.05. The number of guanidine groups is 1. The zero-order valence-corrected chi connectivity index (χ0v) is 7.55. The monoisotopic (exact) mass is 171 g/mol. The zero-order valence-electron chi connectivity index (χ0n) is 7.55. The Balaban J connectivity index is 2.13. The molecule has 0 aromatic rings. The second-order valence-electron chi connectivity index (χ2n) is 3.07. The average Bonchev–Trinajstić information content (AvgIpc) is 2.16. The predicted octanol–water partition coefficient (Wildman–Crippen LogP) is -0.0529. The van der Waals surface area contributed by atoms with E-state index in [-0.39, 0.29) is 0 Å². The van der Waals surface area contributed by atoms with Crippen LogP contribution in [-0.2, 0) is 4.74 Å². The number of nitrogens with one attached hydrogen (secondary N) is 1. The minimum absolute atomic E-state index is 0.514. The van der Waals surface area contributed by atoms with Gasteiger partial charge in [-0.3, -0.25) is 4.99 Å². The summed E-state index contributed by atoms with van der Waals surface area (Å²) in [5.74, 6) is 1.11. The average molecular weight is 171 g/mol. The van der Waals surface area contributed by atoms with Gasteiger partial charge in [-0.2, -0.15) is 0 Å². The maximum Gasteiger partial charge on any atom is 0.188 e. The first kappa shape index (κ1) is 9.32. The van der Waals surface area contributed by atoms with Gasteiger partial charge in [0.2, 0.25) is 0 Å². The molecule has 4 nitrogen and oxygen atoms in total. The van der Waals surface area contributed by atoms with Crippen molar-refractivity contribution in [3.63, 3.8) is 0 Å². The lowest BCUT2D eigenvalue weighted by Gasteiger charge is -2.22. The van der Waals surface area contributed by atoms with Gasteiger partial charge in [0.15, 0.2) is 5.96 Å². The number of hydrogen-bond donors (Lipinski definition) is 2. The molecule has 70 valence electrons. The van der Waals surface area contributed by atoms with Crippen LogP contribution in [0.3, 0.4) is 0 Å². The smallest absolute Gasteiger partial charge is 0.188 e. The zero-order chi connectivity index (χ0) is 8.81. The second kappa shape index (κ2) is 4.98. The third-order valence-electron chi connectivity index (χ3n) is 2.07. The van der Waals surface area contributed by atoms with E-state index in [1.807, 2.05) is 0 Å². The van der Waals surface area contributed by atoms with Gasteiger partial charge >= 0.3 is 0 Å². The Morgan fingerprint density at radius 3 is 3.17 bits per heavy atom. The van der Waals surface area contributed by atoms with Gasteiger partial charge in [-0.15, -0.1) is 0 Å². The Bertz CT molecular complexity index is 152. The summed E-state index contributed by atoms with van der Waals surface area (Å²) in [6, 6.07) is 0. The molecule has 1 saturated heterocycles. The molecule has 1 aliphatic heterocycles. The topological polar surface area (TPSA) is 59.6 Å². The lowest BCUT2D eigenvalue weighted by molar-refractivity contribution is 0.0565. The van der Waals surface area contributed by atoms with E-state index < -0.39 is 0 Å². The van der Waals surface area contributed by atoms with Gasteiger partial charge in [-0.1, -0.05) is 0 Å². The summed E-state index contributed by atoms with van der Waals surface area (Å²) >= 11 is 0. The van der Waals surface area contributed by atoms with Gasteiger partial charge in [-0.25, -0.2) is 0 Å². The molecule has 0 bridgehead atoms. The molecule has 1 aliphatic rings. The fraction of sp³-hybridized carbons (Fsp3) is 0.875. The van der Waals surface area contributed by atoms with Crippen LogP contribution in [0.5, 0.6) is 0 Å². The van der Waals surface area contributed by atoms with Crippen LogP contribution < -0.4 is 11.1 Å². The standard InChI is InChI=1S/C8H17N3O/c1-10-8(9)11-5-7-3-2-4-12-6-7/h7H,2-6H2,1H3,(H3,9,10,11). The lowest BCUT2D eigenvalue weighted by atomic mass is 10.0. The molecule has 1 heterocycles. The highest BCUT2D eigenvalue weighted by atomic mass is 16.5. The first-order chi connectivity index (χ1) is 5.83. The Hall–Kier alpha value is -0.770. The third-order valence-corrected chi connectivity index (χ3v) is 2.07. The van der Waals surface area contributed by atoms with Crippen molar-refractivity contribution in [2.24, 2.45) is 16.6 Å². The number of rotatable bonds is 2. The van der Waals surface area contributed by atoms with E-state index in [1.165, 1.54) is 6.42 Å². The van der Waals surface area contributed by atoms with E-state index in [9.17, 15) is 0 Å². The summed E-state index contributed by atoms with van der Waals surface area (Å²) < 4.78 is 5.33. The Labute approximate surface area is 73.2 Å². The number of nitrogens with zero attached hydrogens (tertiary/aromatic N) is 1. The molecule has 0 aliphatic carbocycles. The molecule has 4 heteroatoms. The molecule has 1 atom stereocenters. The molecule has 0 radical (unpaired) electrons.